The zero-order valence-electron chi connectivity index (χ0n) is 15.2. The summed E-state index contributed by atoms with van der Waals surface area (Å²) in [6, 6.07) is 1.83. The van der Waals surface area contributed by atoms with Crippen LogP contribution < -0.4 is 16.2 Å². The first kappa shape index (κ1) is 19.5. The second kappa shape index (κ2) is 8.65. The van der Waals surface area contributed by atoms with Crippen LogP contribution in [0.5, 0.6) is 0 Å². The first-order valence-electron chi connectivity index (χ1n) is 9.13. The van der Waals surface area contributed by atoms with Crippen LogP contribution in [0, 0.1) is 0 Å². The van der Waals surface area contributed by atoms with E-state index in [1.165, 1.54) is 11.1 Å². The molecular weight excluding hydrogens is 375 g/mol. The summed E-state index contributed by atoms with van der Waals surface area (Å²) in [6.07, 6.45) is 2.87. The van der Waals surface area contributed by atoms with Gasteiger partial charge in [0.2, 0.25) is 5.96 Å². The van der Waals surface area contributed by atoms with Crippen molar-refractivity contribution < 1.29 is 9.47 Å². The van der Waals surface area contributed by atoms with E-state index in [1.807, 2.05) is 24.9 Å². The van der Waals surface area contributed by atoms with Crippen LogP contribution in [0.1, 0.15) is 43.7 Å². The smallest absolute Gasteiger partial charge is 0.208 e. The van der Waals surface area contributed by atoms with Crippen LogP contribution in [-0.4, -0.2) is 38.6 Å². The largest absolute Gasteiger partial charge is 0.369 e. The number of guanidine groups is 1. The fourth-order valence-electron chi connectivity index (χ4n) is 3.77. The molecule has 1 aromatic carbocycles. The Bertz CT molecular complexity index is 678. The van der Waals surface area contributed by atoms with Gasteiger partial charge in [-0.3, -0.25) is 10.4 Å². The van der Waals surface area contributed by atoms with Crippen molar-refractivity contribution in [2.75, 3.05) is 31.3 Å². The SMILES string of the molecule is CCOC(CN=C(N)NN1CC2CCCc3c(Cl)cc(Cl)c1c32)OCC. The Balaban J connectivity index is 1.74. The normalized spacial score (nSPS) is 19.2. The van der Waals surface area contributed by atoms with Gasteiger partial charge in [0, 0.05) is 30.7 Å². The van der Waals surface area contributed by atoms with Gasteiger partial charge in [0.05, 0.1) is 17.3 Å². The summed E-state index contributed by atoms with van der Waals surface area (Å²) in [4.78, 5) is 4.36. The van der Waals surface area contributed by atoms with Crippen molar-refractivity contribution in [3.05, 3.63) is 27.2 Å². The molecule has 6 nitrogen and oxygen atoms in total. The minimum absolute atomic E-state index is 0.313. The number of rotatable bonds is 7. The maximum Gasteiger partial charge on any atom is 0.208 e. The van der Waals surface area contributed by atoms with Crippen LogP contribution in [0.3, 0.4) is 0 Å². The molecule has 0 saturated carbocycles. The van der Waals surface area contributed by atoms with Crippen LogP contribution in [0.25, 0.3) is 0 Å². The van der Waals surface area contributed by atoms with Crippen molar-refractivity contribution in [1.29, 1.82) is 0 Å². The van der Waals surface area contributed by atoms with Gasteiger partial charge in [-0.2, -0.15) is 0 Å². The van der Waals surface area contributed by atoms with E-state index < -0.39 is 0 Å². The molecule has 1 aliphatic heterocycles. The van der Waals surface area contributed by atoms with Crippen molar-refractivity contribution in [3.8, 4) is 0 Å². The van der Waals surface area contributed by atoms with Gasteiger partial charge in [-0.05, 0) is 50.3 Å². The summed E-state index contributed by atoms with van der Waals surface area (Å²) < 4.78 is 11.0. The highest BCUT2D eigenvalue weighted by Crippen LogP contribution is 2.49. The molecule has 3 rings (SSSR count). The van der Waals surface area contributed by atoms with E-state index in [1.54, 1.807) is 0 Å². The molecule has 8 heteroatoms. The lowest BCUT2D eigenvalue weighted by molar-refractivity contribution is -0.128. The standard InChI is InChI=1S/C18H26Cl2N4O2/c1-3-25-15(26-4-2)9-22-18(21)23-24-10-11-6-5-7-12-13(19)8-14(20)17(24)16(11)12/h8,11,15H,3-7,9-10H2,1-2H3,(H3,21,22,23). The molecule has 3 N–H and O–H groups in total. The number of benzene rings is 1. The minimum atomic E-state index is -0.389. The topological polar surface area (TPSA) is 72.1 Å². The lowest BCUT2D eigenvalue weighted by Crippen LogP contribution is -2.46. The predicted octanol–water partition coefficient (Wildman–Crippen LogP) is 3.45. The third-order valence-electron chi connectivity index (χ3n) is 4.77. The molecule has 0 radical (unpaired) electrons. The van der Waals surface area contributed by atoms with Crippen LogP contribution in [0.15, 0.2) is 11.1 Å². The molecule has 0 fully saturated rings. The van der Waals surface area contributed by atoms with Gasteiger partial charge in [0.25, 0.3) is 0 Å². The number of hydrogen-bond donors (Lipinski definition) is 2. The second-order valence-electron chi connectivity index (χ2n) is 6.46. The second-order valence-corrected chi connectivity index (χ2v) is 7.27. The predicted molar refractivity (Wildman–Crippen MR) is 106 cm³/mol. The Hall–Kier alpha value is -1.21. The molecule has 1 heterocycles. The number of nitrogens with one attached hydrogen (secondary N) is 1. The zero-order chi connectivity index (χ0) is 18.7. The summed E-state index contributed by atoms with van der Waals surface area (Å²) >= 11 is 12.9. The van der Waals surface area contributed by atoms with Crippen molar-refractivity contribution in [2.24, 2.45) is 10.7 Å². The first-order valence-corrected chi connectivity index (χ1v) is 9.88. The Morgan fingerprint density at radius 2 is 2.08 bits per heavy atom. The molecule has 26 heavy (non-hydrogen) atoms. The molecule has 0 amide bonds. The molecule has 0 aromatic heterocycles. The van der Waals surface area contributed by atoms with Gasteiger partial charge in [-0.15, -0.1) is 0 Å². The average Bonchev–Trinajstić information content (AvgIpc) is 2.97. The van der Waals surface area contributed by atoms with Gasteiger partial charge >= 0.3 is 0 Å². The molecule has 1 atom stereocenters. The molecule has 1 unspecified atom stereocenters. The molecule has 144 valence electrons. The van der Waals surface area contributed by atoms with Crippen molar-refractivity contribution >= 4 is 34.8 Å². The van der Waals surface area contributed by atoms with Crippen LogP contribution in [0.4, 0.5) is 5.69 Å². The summed E-state index contributed by atoms with van der Waals surface area (Å²) in [6.45, 7) is 6.11. The minimum Gasteiger partial charge on any atom is -0.369 e. The van der Waals surface area contributed by atoms with E-state index in [9.17, 15) is 0 Å². The number of nitrogens with two attached hydrogens (primary N) is 1. The lowest BCUT2D eigenvalue weighted by atomic mass is 9.84. The monoisotopic (exact) mass is 400 g/mol. The van der Waals surface area contributed by atoms with E-state index in [0.29, 0.717) is 36.7 Å². The van der Waals surface area contributed by atoms with Gasteiger partial charge in [-0.25, -0.2) is 4.99 Å². The molecule has 0 spiro atoms. The number of hydrogen-bond acceptors (Lipinski definition) is 4. The molecular formula is C18H26Cl2N4O2. The number of aliphatic imine (C=N–C) groups is 1. The third kappa shape index (κ3) is 4.03. The molecule has 0 bridgehead atoms. The van der Waals surface area contributed by atoms with Gasteiger partial charge in [0.15, 0.2) is 6.29 Å². The van der Waals surface area contributed by atoms with Crippen LogP contribution in [-0.2, 0) is 15.9 Å². The quantitative estimate of drug-likeness (QED) is 0.416. The molecule has 0 saturated heterocycles. The number of hydrazine groups is 1. The van der Waals surface area contributed by atoms with Crippen molar-refractivity contribution in [1.82, 2.24) is 5.43 Å². The fourth-order valence-corrected chi connectivity index (χ4v) is 4.45. The molecule has 1 aromatic rings. The third-order valence-corrected chi connectivity index (χ3v) is 5.40. The van der Waals surface area contributed by atoms with E-state index in [2.05, 4.69) is 10.4 Å². The maximum atomic E-state index is 6.49. The summed E-state index contributed by atoms with van der Waals surface area (Å²) in [5.41, 5.74) is 12.7. The van der Waals surface area contributed by atoms with Crippen LogP contribution >= 0.6 is 23.2 Å². The van der Waals surface area contributed by atoms with Crippen molar-refractivity contribution in [2.45, 2.75) is 45.3 Å². The number of halogens is 2. The van der Waals surface area contributed by atoms with Gasteiger partial charge < -0.3 is 15.2 Å². The summed E-state index contributed by atoms with van der Waals surface area (Å²) in [5, 5.41) is 3.39. The Labute approximate surface area is 164 Å². The van der Waals surface area contributed by atoms with Gasteiger partial charge in [-0.1, -0.05) is 23.2 Å². The highest BCUT2D eigenvalue weighted by atomic mass is 35.5. The number of nitrogens with zero attached hydrogens (tertiary/aromatic N) is 2. The van der Waals surface area contributed by atoms with Gasteiger partial charge in [0.1, 0.15) is 0 Å². The van der Waals surface area contributed by atoms with Crippen molar-refractivity contribution in [3.63, 3.8) is 0 Å². The number of ether oxygens (including phenoxy) is 2. The fraction of sp³-hybridized carbons (Fsp3) is 0.611. The van der Waals surface area contributed by atoms with E-state index >= 15 is 0 Å². The zero-order valence-corrected chi connectivity index (χ0v) is 16.7. The maximum absolute atomic E-state index is 6.49. The Morgan fingerprint density at radius 3 is 2.77 bits per heavy atom. The first-order chi connectivity index (χ1) is 12.5. The number of anilines is 1. The lowest BCUT2D eigenvalue weighted by Gasteiger charge is -2.23. The van der Waals surface area contributed by atoms with Crippen LogP contribution in [0.2, 0.25) is 10.0 Å². The highest BCUT2D eigenvalue weighted by Gasteiger charge is 2.36. The van der Waals surface area contributed by atoms with E-state index in [0.717, 1.165) is 36.5 Å². The van der Waals surface area contributed by atoms with E-state index in [4.69, 9.17) is 38.4 Å². The average molecular weight is 401 g/mol. The molecule has 1 aliphatic carbocycles. The Kier molecular flexibility index (Phi) is 6.51. The summed E-state index contributed by atoms with van der Waals surface area (Å²) in [5.74, 6) is 0.734. The summed E-state index contributed by atoms with van der Waals surface area (Å²) in [7, 11) is 0. The molecule has 2 aliphatic rings. The van der Waals surface area contributed by atoms with E-state index in [-0.39, 0.29) is 6.29 Å². The highest BCUT2D eigenvalue weighted by molar-refractivity contribution is 6.37. The Morgan fingerprint density at radius 1 is 1.35 bits per heavy atom.